The van der Waals surface area contributed by atoms with Crippen LogP contribution in [-0.2, 0) is 9.47 Å². The number of carbonyl (C=O) groups excluding carboxylic acids is 1. The highest BCUT2D eigenvalue weighted by Crippen LogP contribution is 2.46. The van der Waals surface area contributed by atoms with E-state index in [9.17, 15) is 4.79 Å². The maximum absolute atomic E-state index is 12.5. The summed E-state index contributed by atoms with van der Waals surface area (Å²) in [6.07, 6.45) is 7.88. The van der Waals surface area contributed by atoms with Crippen LogP contribution in [0.25, 0.3) is 0 Å². The first-order valence-corrected chi connectivity index (χ1v) is 13.1. The zero-order chi connectivity index (χ0) is 20.4. The molecule has 0 aromatic carbocycles. The lowest BCUT2D eigenvalue weighted by Crippen LogP contribution is -2.44. The lowest BCUT2D eigenvalue weighted by atomic mass is 9.67. The zero-order valence-corrected chi connectivity index (χ0v) is 20.7. The van der Waals surface area contributed by atoms with Gasteiger partial charge in [0.05, 0.1) is 16.6 Å². The van der Waals surface area contributed by atoms with Gasteiger partial charge in [-0.2, -0.15) is 0 Å². The Labute approximate surface area is 192 Å². The molecule has 0 N–H and O–H groups in total. The molecule has 2 saturated heterocycles. The molecule has 2 aliphatic heterocycles. The molecule has 29 heavy (non-hydrogen) atoms. The van der Waals surface area contributed by atoms with E-state index in [0.29, 0.717) is 17.8 Å². The van der Waals surface area contributed by atoms with Crippen LogP contribution >= 0.6 is 33.9 Å². The van der Waals surface area contributed by atoms with Crippen LogP contribution in [0, 0.1) is 26.6 Å². The minimum absolute atomic E-state index is 0.162. The summed E-state index contributed by atoms with van der Waals surface area (Å²) < 4.78 is 12.0. The second kappa shape index (κ2) is 9.96. The molecule has 0 radical (unpaired) electrons. The molecule has 1 aromatic heterocycles. The molecule has 6 heteroatoms. The lowest BCUT2D eigenvalue weighted by Gasteiger charge is -2.44. The van der Waals surface area contributed by atoms with Crippen LogP contribution in [0.5, 0.6) is 0 Å². The number of carbonyl (C=O) groups is 1. The summed E-state index contributed by atoms with van der Waals surface area (Å²) in [6, 6.07) is 2.27. The van der Waals surface area contributed by atoms with Gasteiger partial charge < -0.3 is 14.4 Å². The first kappa shape index (κ1) is 22.0. The monoisotopic (exact) mass is 531 g/mol. The molecule has 4 rings (SSSR count). The number of ether oxygens (including phenoxy) is 2. The molecular weight excluding hydrogens is 497 g/mol. The molecule has 162 valence electrons. The van der Waals surface area contributed by atoms with Crippen LogP contribution in [0.2, 0.25) is 0 Å². The van der Waals surface area contributed by atoms with Crippen LogP contribution in [-0.4, -0.2) is 50.8 Å². The van der Waals surface area contributed by atoms with E-state index in [0.717, 1.165) is 43.0 Å². The second-order valence-corrected chi connectivity index (χ2v) is 12.3. The molecule has 1 aromatic rings. The molecule has 3 atom stereocenters. The molecule has 3 heterocycles. The predicted molar refractivity (Wildman–Crippen MR) is 126 cm³/mol. The highest BCUT2D eigenvalue weighted by atomic mass is 127. The van der Waals surface area contributed by atoms with E-state index in [1.54, 1.807) is 11.3 Å². The van der Waals surface area contributed by atoms with Crippen LogP contribution in [0.4, 0.5) is 0 Å². The Morgan fingerprint density at radius 1 is 1.28 bits per heavy atom. The smallest absolute Gasteiger partial charge is 0.348 e. The standard InChI is InChI=1S/C23H34INO3S/c1-15-3-5-17(6-4-15)18-7-9-25(12-16-8-10-28-14-16)13-20(18)19-11-21(24)29-22(19)23(26)27-2/h11,15-18,20H,3-10,12-14H2,1-2H3. The second-order valence-electron chi connectivity index (χ2n) is 9.39. The number of hydrogen-bond acceptors (Lipinski definition) is 5. The largest absolute Gasteiger partial charge is 0.465 e. The topological polar surface area (TPSA) is 38.8 Å². The number of thiophene rings is 1. The van der Waals surface area contributed by atoms with Crippen LogP contribution in [0.1, 0.15) is 66.6 Å². The molecule has 3 fully saturated rings. The number of piperidine rings is 1. The molecule has 0 spiro atoms. The van der Waals surface area contributed by atoms with E-state index in [1.807, 2.05) is 0 Å². The Balaban J connectivity index is 1.57. The van der Waals surface area contributed by atoms with Gasteiger partial charge in [0.15, 0.2) is 0 Å². The maximum Gasteiger partial charge on any atom is 0.348 e. The fourth-order valence-electron chi connectivity index (χ4n) is 5.80. The molecule has 3 aliphatic rings. The van der Waals surface area contributed by atoms with E-state index in [2.05, 4.69) is 40.5 Å². The van der Waals surface area contributed by atoms with Crippen molar-refractivity contribution in [3.63, 3.8) is 0 Å². The van der Waals surface area contributed by atoms with E-state index in [1.165, 1.54) is 60.6 Å². The Bertz CT molecular complexity index is 694. The first-order chi connectivity index (χ1) is 14.0. The van der Waals surface area contributed by atoms with Gasteiger partial charge in [0, 0.05) is 25.6 Å². The van der Waals surface area contributed by atoms with Crippen molar-refractivity contribution in [3.8, 4) is 0 Å². The number of methoxy groups -OCH3 is 1. The van der Waals surface area contributed by atoms with Crippen LogP contribution < -0.4 is 0 Å². The third-order valence-electron chi connectivity index (χ3n) is 7.46. The Morgan fingerprint density at radius 3 is 2.76 bits per heavy atom. The van der Waals surface area contributed by atoms with Gasteiger partial charge >= 0.3 is 5.97 Å². The molecule has 0 bridgehead atoms. The summed E-state index contributed by atoms with van der Waals surface area (Å²) in [4.78, 5) is 16.0. The van der Waals surface area contributed by atoms with Crippen molar-refractivity contribution in [1.82, 2.24) is 4.90 Å². The van der Waals surface area contributed by atoms with E-state index in [-0.39, 0.29) is 5.97 Å². The first-order valence-electron chi connectivity index (χ1n) is 11.2. The number of esters is 1. The Morgan fingerprint density at radius 2 is 2.07 bits per heavy atom. The fraction of sp³-hybridized carbons (Fsp3) is 0.783. The summed E-state index contributed by atoms with van der Waals surface area (Å²) >= 11 is 3.96. The number of nitrogens with zero attached hydrogens (tertiary/aromatic N) is 1. The van der Waals surface area contributed by atoms with Gasteiger partial charge in [-0.25, -0.2) is 4.79 Å². The lowest BCUT2D eigenvalue weighted by molar-refractivity contribution is 0.0595. The van der Waals surface area contributed by atoms with Gasteiger partial charge in [0.2, 0.25) is 0 Å². The highest BCUT2D eigenvalue weighted by molar-refractivity contribution is 14.1. The van der Waals surface area contributed by atoms with Crippen molar-refractivity contribution in [1.29, 1.82) is 0 Å². The molecule has 3 unspecified atom stereocenters. The van der Waals surface area contributed by atoms with E-state index in [4.69, 9.17) is 9.47 Å². The predicted octanol–water partition coefficient (Wildman–Crippen LogP) is 5.41. The van der Waals surface area contributed by atoms with Crippen LogP contribution in [0.15, 0.2) is 6.07 Å². The molecule has 1 saturated carbocycles. The van der Waals surface area contributed by atoms with Gasteiger partial charge in [-0.3, -0.25) is 0 Å². The fourth-order valence-corrected chi connectivity index (χ4v) is 7.68. The molecule has 1 aliphatic carbocycles. The zero-order valence-electron chi connectivity index (χ0n) is 17.7. The normalized spacial score (nSPS) is 33.7. The van der Waals surface area contributed by atoms with Gasteiger partial charge in [-0.05, 0) is 90.1 Å². The molecular formula is C23H34INO3S. The van der Waals surface area contributed by atoms with Crippen molar-refractivity contribution in [2.24, 2.45) is 23.7 Å². The third-order valence-corrected chi connectivity index (χ3v) is 9.35. The summed E-state index contributed by atoms with van der Waals surface area (Å²) in [6.45, 7) is 7.63. The van der Waals surface area contributed by atoms with Crippen LogP contribution in [0.3, 0.4) is 0 Å². The summed E-state index contributed by atoms with van der Waals surface area (Å²) in [5.41, 5.74) is 1.25. The SMILES string of the molecule is COC(=O)c1sc(I)cc1C1CN(CC2CCOC2)CCC1C1CCC(C)CC1. The number of rotatable bonds is 5. The summed E-state index contributed by atoms with van der Waals surface area (Å²) in [5.74, 6) is 3.32. The number of hydrogen-bond donors (Lipinski definition) is 0. The van der Waals surface area contributed by atoms with Crippen molar-refractivity contribution < 1.29 is 14.3 Å². The molecule has 4 nitrogen and oxygen atoms in total. The van der Waals surface area contributed by atoms with Gasteiger partial charge in [0.1, 0.15) is 4.88 Å². The number of halogens is 1. The van der Waals surface area contributed by atoms with E-state index < -0.39 is 0 Å². The maximum atomic E-state index is 12.5. The van der Waals surface area contributed by atoms with Crippen molar-refractivity contribution >= 4 is 39.9 Å². The summed E-state index contributed by atoms with van der Waals surface area (Å²) in [5, 5.41) is 0. The van der Waals surface area contributed by atoms with Crippen molar-refractivity contribution in [3.05, 3.63) is 19.4 Å². The Hall–Kier alpha value is -0.180. The van der Waals surface area contributed by atoms with E-state index >= 15 is 0 Å². The third kappa shape index (κ3) is 5.18. The quantitative estimate of drug-likeness (QED) is 0.377. The average Bonchev–Trinajstić information content (AvgIpc) is 3.37. The van der Waals surface area contributed by atoms with Gasteiger partial charge in [-0.15, -0.1) is 11.3 Å². The number of likely N-dealkylation sites (tertiary alicyclic amines) is 1. The molecule has 0 amide bonds. The minimum Gasteiger partial charge on any atom is -0.465 e. The minimum atomic E-state index is -0.162. The van der Waals surface area contributed by atoms with Crippen molar-refractivity contribution in [2.45, 2.75) is 51.4 Å². The van der Waals surface area contributed by atoms with Crippen molar-refractivity contribution in [2.75, 3.05) is 40.0 Å². The highest BCUT2D eigenvalue weighted by Gasteiger charge is 2.39. The summed E-state index contributed by atoms with van der Waals surface area (Å²) in [7, 11) is 1.51. The average molecular weight is 532 g/mol. The Kier molecular flexibility index (Phi) is 7.57. The van der Waals surface area contributed by atoms with Gasteiger partial charge in [-0.1, -0.05) is 19.8 Å². The van der Waals surface area contributed by atoms with Gasteiger partial charge in [0.25, 0.3) is 0 Å².